The lowest BCUT2D eigenvalue weighted by Gasteiger charge is -2.09. The molecule has 22 heavy (non-hydrogen) atoms. The SMILES string of the molecule is Oc1ccc(-c2ccccc2)c(-c2cc3cccnc3[nH]2)c1. The number of phenolic OH excluding ortho intramolecular Hbond substituents is 1. The van der Waals surface area contributed by atoms with Gasteiger partial charge in [0.25, 0.3) is 0 Å². The van der Waals surface area contributed by atoms with Gasteiger partial charge in [0.2, 0.25) is 0 Å². The van der Waals surface area contributed by atoms with Gasteiger partial charge in [0.1, 0.15) is 11.4 Å². The normalized spacial score (nSPS) is 10.9. The van der Waals surface area contributed by atoms with Crippen molar-refractivity contribution in [3.05, 3.63) is 72.9 Å². The first-order valence-electron chi connectivity index (χ1n) is 7.14. The predicted molar refractivity (Wildman–Crippen MR) is 88.6 cm³/mol. The third-order valence-electron chi connectivity index (χ3n) is 3.77. The number of nitrogens with zero attached hydrogens (tertiary/aromatic N) is 1. The molecule has 0 unspecified atom stereocenters. The van der Waals surface area contributed by atoms with Gasteiger partial charge in [-0.05, 0) is 41.5 Å². The molecule has 0 bridgehead atoms. The second kappa shape index (κ2) is 5.04. The van der Waals surface area contributed by atoms with Crippen molar-refractivity contribution in [3.8, 4) is 28.1 Å². The molecule has 2 N–H and O–H groups in total. The molecule has 0 fully saturated rings. The molecule has 0 saturated carbocycles. The fourth-order valence-corrected chi connectivity index (χ4v) is 2.73. The summed E-state index contributed by atoms with van der Waals surface area (Å²) in [5, 5.41) is 10.9. The number of nitrogens with one attached hydrogen (secondary N) is 1. The van der Waals surface area contributed by atoms with E-state index in [1.165, 1.54) is 0 Å². The first kappa shape index (κ1) is 12.7. The summed E-state index contributed by atoms with van der Waals surface area (Å²) >= 11 is 0. The lowest BCUT2D eigenvalue weighted by Crippen LogP contribution is -1.85. The van der Waals surface area contributed by atoms with Gasteiger partial charge in [0, 0.05) is 22.8 Å². The largest absolute Gasteiger partial charge is 0.508 e. The third-order valence-corrected chi connectivity index (χ3v) is 3.77. The van der Waals surface area contributed by atoms with Gasteiger partial charge in [-0.1, -0.05) is 36.4 Å². The van der Waals surface area contributed by atoms with E-state index >= 15 is 0 Å². The summed E-state index contributed by atoms with van der Waals surface area (Å²) in [4.78, 5) is 7.66. The molecule has 0 amide bonds. The number of aromatic hydroxyl groups is 1. The fraction of sp³-hybridized carbons (Fsp3) is 0. The van der Waals surface area contributed by atoms with Crippen molar-refractivity contribution in [1.82, 2.24) is 9.97 Å². The van der Waals surface area contributed by atoms with Gasteiger partial charge in [0.05, 0.1) is 0 Å². The second-order valence-electron chi connectivity index (χ2n) is 5.22. The Bertz CT molecular complexity index is 909. The predicted octanol–water partition coefficient (Wildman–Crippen LogP) is 4.60. The summed E-state index contributed by atoms with van der Waals surface area (Å²) in [6.07, 6.45) is 1.77. The van der Waals surface area contributed by atoms with Crippen molar-refractivity contribution in [2.75, 3.05) is 0 Å². The topological polar surface area (TPSA) is 48.9 Å². The number of hydrogen-bond acceptors (Lipinski definition) is 2. The first-order chi connectivity index (χ1) is 10.8. The molecule has 0 aliphatic carbocycles. The van der Waals surface area contributed by atoms with Crippen molar-refractivity contribution < 1.29 is 5.11 Å². The van der Waals surface area contributed by atoms with Crippen molar-refractivity contribution in [2.45, 2.75) is 0 Å². The van der Waals surface area contributed by atoms with Crippen molar-refractivity contribution in [1.29, 1.82) is 0 Å². The number of fused-ring (bicyclic) bond motifs is 1. The van der Waals surface area contributed by atoms with E-state index in [9.17, 15) is 5.11 Å². The van der Waals surface area contributed by atoms with Crippen LogP contribution in [0.3, 0.4) is 0 Å². The summed E-state index contributed by atoms with van der Waals surface area (Å²) in [5.74, 6) is 0.251. The highest BCUT2D eigenvalue weighted by Crippen LogP contribution is 2.35. The minimum absolute atomic E-state index is 0.251. The minimum atomic E-state index is 0.251. The molecule has 106 valence electrons. The monoisotopic (exact) mass is 286 g/mol. The van der Waals surface area contributed by atoms with Crippen LogP contribution in [-0.4, -0.2) is 15.1 Å². The highest BCUT2D eigenvalue weighted by Gasteiger charge is 2.11. The maximum absolute atomic E-state index is 9.89. The van der Waals surface area contributed by atoms with Crippen LogP contribution >= 0.6 is 0 Å². The molecular formula is C19H14N2O. The lowest BCUT2D eigenvalue weighted by atomic mass is 9.97. The second-order valence-corrected chi connectivity index (χ2v) is 5.22. The Kier molecular flexibility index (Phi) is 2.90. The van der Waals surface area contributed by atoms with Crippen LogP contribution in [0, 0.1) is 0 Å². The number of phenols is 1. The number of hydrogen-bond donors (Lipinski definition) is 2. The zero-order chi connectivity index (χ0) is 14.9. The maximum Gasteiger partial charge on any atom is 0.137 e. The van der Waals surface area contributed by atoms with Crippen molar-refractivity contribution >= 4 is 11.0 Å². The zero-order valence-electron chi connectivity index (χ0n) is 11.8. The number of rotatable bonds is 2. The molecule has 2 aromatic carbocycles. The van der Waals surface area contributed by atoms with Crippen LogP contribution in [0.15, 0.2) is 72.9 Å². The van der Waals surface area contributed by atoms with Crippen LogP contribution < -0.4 is 0 Å². The van der Waals surface area contributed by atoms with Gasteiger partial charge in [-0.3, -0.25) is 0 Å². The third kappa shape index (κ3) is 2.13. The summed E-state index contributed by atoms with van der Waals surface area (Å²) in [6, 6.07) is 21.6. The molecule has 4 aromatic rings. The Morgan fingerprint density at radius 3 is 2.50 bits per heavy atom. The van der Waals surface area contributed by atoms with Crippen molar-refractivity contribution in [2.24, 2.45) is 0 Å². The van der Waals surface area contributed by atoms with Crippen molar-refractivity contribution in [3.63, 3.8) is 0 Å². The molecule has 0 spiro atoms. The van der Waals surface area contributed by atoms with Gasteiger partial charge < -0.3 is 10.1 Å². The van der Waals surface area contributed by atoms with Crippen LogP contribution in [0.25, 0.3) is 33.4 Å². The average Bonchev–Trinajstić information content (AvgIpc) is 2.99. The summed E-state index contributed by atoms with van der Waals surface area (Å²) in [6.45, 7) is 0. The lowest BCUT2D eigenvalue weighted by molar-refractivity contribution is 0.475. The molecule has 3 nitrogen and oxygen atoms in total. The van der Waals surface area contributed by atoms with Gasteiger partial charge in [0.15, 0.2) is 0 Å². The minimum Gasteiger partial charge on any atom is -0.508 e. The molecule has 2 heterocycles. The van der Waals surface area contributed by atoms with E-state index in [0.29, 0.717) is 0 Å². The quantitative estimate of drug-likeness (QED) is 0.565. The molecule has 0 radical (unpaired) electrons. The van der Waals surface area contributed by atoms with Gasteiger partial charge in [-0.15, -0.1) is 0 Å². The molecule has 0 saturated heterocycles. The van der Waals surface area contributed by atoms with E-state index in [-0.39, 0.29) is 5.75 Å². The molecule has 4 rings (SSSR count). The van der Waals surface area contributed by atoms with E-state index in [0.717, 1.165) is 33.4 Å². The van der Waals surface area contributed by atoms with Gasteiger partial charge in [-0.2, -0.15) is 0 Å². The van der Waals surface area contributed by atoms with Crippen LogP contribution in [0.1, 0.15) is 0 Å². The highest BCUT2D eigenvalue weighted by atomic mass is 16.3. The molecule has 0 aliphatic rings. The van der Waals surface area contributed by atoms with Gasteiger partial charge in [-0.25, -0.2) is 4.98 Å². The van der Waals surface area contributed by atoms with E-state index in [1.807, 2.05) is 36.4 Å². The molecule has 2 aromatic heterocycles. The maximum atomic E-state index is 9.89. The van der Waals surface area contributed by atoms with E-state index in [4.69, 9.17) is 0 Å². The molecule has 0 atom stereocenters. The van der Waals surface area contributed by atoms with Gasteiger partial charge >= 0.3 is 0 Å². The molecule has 3 heteroatoms. The Labute approximate surface area is 127 Å². The number of benzene rings is 2. The first-order valence-corrected chi connectivity index (χ1v) is 7.14. The number of aromatic nitrogens is 2. The summed E-state index contributed by atoms with van der Waals surface area (Å²) in [7, 11) is 0. The fourth-order valence-electron chi connectivity index (χ4n) is 2.73. The highest BCUT2D eigenvalue weighted by molar-refractivity contribution is 5.89. The zero-order valence-corrected chi connectivity index (χ0v) is 11.8. The average molecular weight is 286 g/mol. The van der Waals surface area contributed by atoms with Crippen LogP contribution in [0.2, 0.25) is 0 Å². The van der Waals surface area contributed by atoms with Crippen LogP contribution in [0.5, 0.6) is 5.75 Å². The van der Waals surface area contributed by atoms with Crippen LogP contribution in [0.4, 0.5) is 0 Å². The van der Waals surface area contributed by atoms with E-state index in [2.05, 4.69) is 28.2 Å². The molecular weight excluding hydrogens is 272 g/mol. The number of pyridine rings is 1. The Hall–Kier alpha value is -3.07. The number of aromatic amines is 1. The Morgan fingerprint density at radius 1 is 0.818 bits per heavy atom. The van der Waals surface area contributed by atoms with E-state index in [1.54, 1.807) is 18.3 Å². The Morgan fingerprint density at radius 2 is 1.68 bits per heavy atom. The van der Waals surface area contributed by atoms with E-state index < -0.39 is 0 Å². The molecule has 0 aliphatic heterocycles. The van der Waals surface area contributed by atoms with Crippen LogP contribution in [-0.2, 0) is 0 Å². The Balaban J connectivity index is 1.95. The summed E-state index contributed by atoms with van der Waals surface area (Å²) < 4.78 is 0. The summed E-state index contributed by atoms with van der Waals surface area (Å²) in [5.41, 5.74) is 4.95. The smallest absolute Gasteiger partial charge is 0.137 e. The number of H-pyrrole nitrogens is 1. The standard InChI is InChI=1S/C19H14N2O/c22-15-8-9-16(13-5-2-1-3-6-13)17(12-15)18-11-14-7-4-10-20-19(14)21-18/h1-12,22H,(H,20,21).